The Bertz CT molecular complexity index is 1320. The summed E-state index contributed by atoms with van der Waals surface area (Å²) in [5.41, 5.74) is 9.39. The minimum atomic E-state index is -4.02. The molecule has 9 nitrogen and oxygen atoms in total. The maximum Gasteiger partial charge on any atom is 0.264 e. The van der Waals surface area contributed by atoms with E-state index in [0.717, 1.165) is 14.8 Å². The molecule has 0 aliphatic carbocycles. The maximum atomic E-state index is 13.4. The molecule has 0 saturated heterocycles. The number of aryl methyl sites for hydroxylation is 1. The zero-order valence-corrected chi connectivity index (χ0v) is 21.4. The van der Waals surface area contributed by atoms with Crippen molar-refractivity contribution in [2.75, 3.05) is 23.7 Å². The van der Waals surface area contributed by atoms with Crippen LogP contribution in [0, 0.1) is 6.92 Å². The van der Waals surface area contributed by atoms with Crippen LogP contribution in [0.3, 0.4) is 0 Å². The summed E-state index contributed by atoms with van der Waals surface area (Å²) in [5, 5.41) is 3.92. The number of nitrogens with two attached hydrogens (primary N) is 1. The van der Waals surface area contributed by atoms with Crippen molar-refractivity contribution in [3.63, 3.8) is 0 Å². The Hall–Kier alpha value is -3.83. The van der Waals surface area contributed by atoms with Gasteiger partial charge in [0.05, 0.1) is 16.8 Å². The lowest BCUT2D eigenvalue weighted by Gasteiger charge is -2.24. The van der Waals surface area contributed by atoms with Gasteiger partial charge in [-0.1, -0.05) is 17.7 Å². The summed E-state index contributed by atoms with van der Waals surface area (Å²) in [6, 6.07) is 20.0. The van der Waals surface area contributed by atoms with Crippen molar-refractivity contribution in [2.45, 2.75) is 16.7 Å². The highest BCUT2D eigenvalue weighted by molar-refractivity contribution is 7.98. The molecule has 0 spiro atoms. The molecule has 0 bridgehead atoms. The van der Waals surface area contributed by atoms with E-state index in [1.54, 1.807) is 60.7 Å². The Kier molecular flexibility index (Phi) is 9.09. The van der Waals surface area contributed by atoms with Crippen molar-refractivity contribution < 1.29 is 22.7 Å². The van der Waals surface area contributed by atoms with Crippen molar-refractivity contribution in [3.05, 3.63) is 83.9 Å². The molecule has 0 saturated carbocycles. The predicted molar refractivity (Wildman–Crippen MR) is 141 cm³/mol. The third kappa shape index (κ3) is 7.33. The van der Waals surface area contributed by atoms with Gasteiger partial charge in [0.2, 0.25) is 0 Å². The normalized spacial score (nSPS) is 11.3. The number of hydrogen-bond acceptors (Lipinski definition) is 7. The third-order valence-electron chi connectivity index (χ3n) is 4.92. The Morgan fingerprint density at radius 1 is 1.03 bits per heavy atom. The summed E-state index contributed by atoms with van der Waals surface area (Å²) >= 11 is 1.50. The lowest BCUT2D eigenvalue weighted by Crippen LogP contribution is -2.39. The van der Waals surface area contributed by atoms with Gasteiger partial charge in [0.1, 0.15) is 12.3 Å². The fraction of sp³-hybridized carbons (Fsp3) is 0.160. The van der Waals surface area contributed by atoms with Crippen LogP contribution >= 0.6 is 11.8 Å². The summed E-state index contributed by atoms with van der Waals surface area (Å²) < 4.78 is 33.1. The third-order valence-corrected chi connectivity index (χ3v) is 7.45. The molecule has 0 fully saturated rings. The molecular weight excluding hydrogens is 500 g/mol. The van der Waals surface area contributed by atoms with Crippen LogP contribution in [0.5, 0.6) is 5.75 Å². The molecule has 188 valence electrons. The van der Waals surface area contributed by atoms with E-state index in [-0.39, 0.29) is 11.5 Å². The second kappa shape index (κ2) is 12.2. The van der Waals surface area contributed by atoms with Gasteiger partial charge in [0.25, 0.3) is 21.8 Å². The van der Waals surface area contributed by atoms with Crippen LogP contribution in [0.15, 0.2) is 87.7 Å². The van der Waals surface area contributed by atoms with Crippen LogP contribution in [-0.4, -0.2) is 45.9 Å². The molecule has 11 heteroatoms. The average Bonchev–Trinajstić information content (AvgIpc) is 2.87. The number of carbonyl (C=O) groups excluding carboxylic acids is 2. The van der Waals surface area contributed by atoms with Gasteiger partial charge in [0.15, 0.2) is 6.61 Å². The van der Waals surface area contributed by atoms with E-state index in [1.807, 2.05) is 13.2 Å². The number of thioether (sulfide) groups is 1. The number of nitrogens with zero attached hydrogens (tertiary/aromatic N) is 2. The second-order valence-electron chi connectivity index (χ2n) is 7.64. The van der Waals surface area contributed by atoms with E-state index >= 15 is 0 Å². The molecule has 0 aliphatic heterocycles. The lowest BCUT2D eigenvalue weighted by atomic mass is 10.2. The molecule has 0 aliphatic rings. The second-order valence-corrected chi connectivity index (χ2v) is 10.4. The van der Waals surface area contributed by atoms with Gasteiger partial charge in [-0.05, 0) is 79.4 Å². The molecule has 0 radical (unpaired) electrons. The van der Waals surface area contributed by atoms with Crippen LogP contribution in [0.1, 0.15) is 11.1 Å². The molecule has 36 heavy (non-hydrogen) atoms. The van der Waals surface area contributed by atoms with Crippen LogP contribution < -0.4 is 20.2 Å². The van der Waals surface area contributed by atoms with Crippen LogP contribution in [-0.2, 0) is 19.6 Å². The first-order chi connectivity index (χ1) is 17.2. The lowest BCUT2D eigenvalue weighted by molar-refractivity contribution is -0.120. The highest BCUT2D eigenvalue weighted by atomic mass is 32.2. The first-order valence-electron chi connectivity index (χ1n) is 10.8. The summed E-state index contributed by atoms with van der Waals surface area (Å²) in [6.07, 6.45) is 3.31. The van der Waals surface area contributed by atoms with Crippen molar-refractivity contribution >= 4 is 45.5 Å². The largest absolute Gasteiger partial charge is 0.484 e. The standard InChI is InChI=1S/C25H26N4O5S2/c1-18-3-7-20(8-4-18)29(36(32,33)23-13-11-22(35-2)12-14-23)16-25(31)28-27-15-19-5-9-21(10-6-19)34-17-24(26)30/h3-15H,16-17H2,1-2H3,(H2,26,30)(H,28,31)/b27-15-. The maximum absolute atomic E-state index is 13.4. The molecule has 3 aromatic rings. The quantitative estimate of drug-likeness (QED) is 0.224. The number of sulfonamides is 1. The summed E-state index contributed by atoms with van der Waals surface area (Å²) in [7, 11) is -4.02. The molecule has 2 amide bonds. The van der Waals surface area contributed by atoms with Crippen LogP contribution in [0.2, 0.25) is 0 Å². The monoisotopic (exact) mass is 526 g/mol. The molecule has 0 heterocycles. The van der Waals surface area contributed by atoms with Crippen LogP contribution in [0.4, 0.5) is 5.69 Å². The van der Waals surface area contributed by atoms with Crippen LogP contribution in [0.25, 0.3) is 0 Å². The van der Waals surface area contributed by atoms with Gasteiger partial charge in [0, 0.05) is 4.90 Å². The predicted octanol–water partition coefficient (Wildman–Crippen LogP) is 2.93. The van der Waals surface area contributed by atoms with E-state index in [4.69, 9.17) is 10.5 Å². The minimum absolute atomic E-state index is 0.0795. The van der Waals surface area contributed by atoms with Gasteiger partial charge < -0.3 is 10.5 Å². The number of amides is 2. The van der Waals surface area contributed by atoms with Gasteiger partial charge >= 0.3 is 0 Å². The number of primary amides is 1. The number of hydrogen-bond donors (Lipinski definition) is 2. The van der Waals surface area contributed by atoms with Crippen molar-refractivity contribution in [2.24, 2.45) is 10.8 Å². The minimum Gasteiger partial charge on any atom is -0.484 e. The van der Waals surface area contributed by atoms with Crippen molar-refractivity contribution in [1.82, 2.24) is 5.43 Å². The summed E-state index contributed by atoms with van der Waals surface area (Å²) in [4.78, 5) is 24.5. The van der Waals surface area contributed by atoms with Gasteiger partial charge in [-0.2, -0.15) is 5.10 Å². The van der Waals surface area contributed by atoms with E-state index in [2.05, 4.69) is 10.5 Å². The Balaban J connectivity index is 1.73. The van der Waals surface area contributed by atoms with Crippen molar-refractivity contribution in [3.8, 4) is 5.75 Å². The van der Waals surface area contributed by atoms with Gasteiger partial charge in [-0.25, -0.2) is 13.8 Å². The SMILES string of the molecule is CSc1ccc(S(=O)(=O)N(CC(=O)N/N=C\c2ccc(OCC(N)=O)cc2)c2ccc(C)cc2)cc1. The molecule has 3 rings (SSSR count). The molecule has 0 unspecified atom stereocenters. The van der Waals surface area contributed by atoms with Gasteiger partial charge in [-0.15, -0.1) is 11.8 Å². The van der Waals surface area contributed by atoms with E-state index in [9.17, 15) is 18.0 Å². The Labute approximate surface area is 214 Å². The number of ether oxygens (including phenoxy) is 1. The molecule has 0 aromatic heterocycles. The first kappa shape index (κ1) is 26.8. The molecule has 3 aromatic carbocycles. The van der Waals surface area contributed by atoms with Crippen molar-refractivity contribution in [1.29, 1.82) is 0 Å². The Morgan fingerprint density at radius 2 is 1.67 bits per heavy atom. The smallest absolute Gasteiger partial charge is 0.264 e. The average molecular weight is 527 g/mol. The zero-order chi connectivity index (χ0) is 26.1. The Morgan fingerprint density at radius 3 is 2.25 bits per heavy atom. The number of rotatable bonds is 11. The number of benzene rings is 3. The zero-order valence-electron chi connectivity index (χ0n) is 19.7. The number of hydrazone groups is 1. The molecule has 3 N–H and O–H groups in total. The topological polar surface area (TPSA) is 131 Å². The number of nitrogens with one attached hydrogen (secondary N) is 1. The van der Waals surface area contributed by atoms with E-state index < -0.39 is 28.4 Å². The van der Waals surface area contributed by atoms with E-state index in [0.29, 0.717) is 17.0 Å². The summed E-state index contributed by atoms with van der Waals surface area (Å²) in [5.74, 6) is -0.737. The first-order valence-corrected chi connectivity index (χ1v) is 13.4. The van der Waals surface area contributed by atoms with E-state index in [1.165, 1.54) is 30.1 Å². The fourth-order valence-electron chi connectivity index (χ4n) is 3.05. The summed E-state index contributed by atoms with van der Waals surface area (Å²) in [6.45, 7) is 1.19. The molecular formula is C25H26N4O5S2. The fourth-order valence-corrected chi connectivity index (χ4v) is 4.88. The highest BCUT2D eigenvalue weighted by Crippen LogP contribution is 2.25. The number of carbonyl (C=O) groups is 2. The number of anilines is 1. The highest BCUT2D eigenvalue weighted by Gasteiger charge is 2.27. The van der Waals surface area contributed by atoms with Gasteiger partial charge in [-0.3, -0.25) is 13.9 Å². The molecule has 0 atom stereocenters.